The smallest absolute Gasteiger partial charge is 0.310 e. The third-order valence-electron chi connectivity index (χ3n) is 4.46. The van der Waals surface area contributed by atoms with Gasteiger partial charge in [0, 0.05) is 30.7 Å². The number of aryl methyl sites for hydroxylation is 1. The Hall–Kier alpha value is -2.14. The van der Waals surface area contributed by atoms with E-state index >= 15 is 0 Å². The van der Waals surface area contributed by atoms with Gasteiger partial charge in [-0.3, -0.25) is 9.69 Å². The van der Waals surface area contributed by atoms with Gasteiger partial charge in [-0.2, -0.15) is 0 Å². The van der Waals surface area contributed by atoms with Crippen molar-refractivity contribution in [2.45, 2.75) is 33.2 Å². The van der Waals surface area contributed by atoms with E-state index in [1.807, 2.05) is 44.3 Å². The van der Waals surface area contributed by atoms with Crippen LogP contribution in [-0.4, -0.2) is 40.1 Å². The van der Waals surface area contributed by atoms with Crippen LogP contribution in [0.4, 0.5) is 0 Å². The van der Waals surface area contributed by atoms with E-state index in [9.17, 15) is 4.79 Å². The third kappa shape index (κ3) is 3.85. The molecule has 1 saturated heterocycles. The second-order valence-electron chi connectivity index (χ2n) is 6.33. The summed E-state index contributed by atoms with van der Waals surface area (Å²) < 4.78 is 7.32. The molecule has 128 valence electrons. The molecule has 2 aromatic heterocycles. The predicted octanol–water partition coefficient (Wildman–Crippen LogP) is 2.96. The summed E-state index contributed by atoms with van der Waals surface area (Å²) in [5, 5.41) is 0. The second kappa shape index (κ2) is 7.62. The van der Waals surface area contributed by atoms with Crippen LogP contribution in [0.25, 0.3) is 5.82 Å². The fourth-order valence-electron chi connectivity index (χ4n) is 3.31. The van der Waals surface area contributed by atoms with Gasteiger partial charge in [-0.25, -0.2) is 4.98 Å². The van der Waals surface area contributed by atoms with Gasteiger partial charge in [0.05, 0.1) is 12.5 Å². The Morgan fingerprint density at radius 3 is 3.00 bits per heavy atom. The molecule has 1 aliphatic rings. The number of ether oxygens (including phenoxy) is 1. The molecule has 0 saturated carbocycles. The van der Waals surface area contributed by atoms with Gasteiger partial charge in [0.1, 0.15) is 5.82 Å². The molecule has 2 aromatic rings. The highest BCUT2D eigenvalue weighted by Crippen LogP contribution is 2.21. The van der Waals surface area contributed by atoms with Crippen LogP contribution in [0.5, 0.6) is 0 Å². The summed E-state index contributed by atoms with van der Waals surface area (Å²) in [6.45, 7) is 6.92. The molecule has 0 radical (unpaired) electrons. The molecule has 1 unspecified atom stereocenters. The second-order valence-corrected chi connectivity index (χ2v) is 6.33. The summed E-state index contributed by atoms with van der Waals surface area (Å²) >= 11 is 0. The number of hydrogen-bond donors (Lipinski definition) is 0. The maximum Gasteiger partial charge on any atom is 0.310 e. The van der Waals surface area contributed by atoms with Crippen molar-refractivity contribution in [1.29, 1.82) is 0 Å². The molecule has 0 aromatic carbocycles. The first-order chi connectivity index (χ1) is 11.7. The van der Waals surface area contributed by atoms with E-state index in [2.05, 4.69) is 20.5 Å². The van der Waals surface area contributed by atoms with E-state index in [0.717, 1.165) is 44.0 Å². The van der Waals surface area contributed by atoms with Crippen molar-refractivity contribution in [1.82, 2.24) is 14.5 Å². The number of esters is 1. The van der Waals surface area contributed by atoms with Crippen molar-refractivity contribution in [3.63, 3.8) is 0 Å². The first-order valence-corrected chi connectivity index (χ1v) is 8.66. The lowest BCUT2D eigenvalue weighted by atomic mass is 9.98. The van der Waals surface area contributed by atoms with Crippen LogP contribution in [0, 0.1) is 12.8 Å². The summed E-state index contributed by atoms with van der Waals surface area (Å²) in [5.41, 5.74) is 2.20. The van der Waals surface area contributed by atoms with Gasteiger partial charge in [0.25, 0.3) is 0 Å². The number of nitrogens with zero attached hydrogens (tertiary/aromatic N) is 3. The maximum atomic E-state index is 12.0. The highest BCUT2D eigenvalue weighted by atomic mass is 16.5. The van der Waals surface area contributed by atoms with Gasteiger partial charge in [-0.15, -0.1) is 0 Å². The molecular weight excluding hydrogens is 302 g/mol. The number of likely N-dealkylation sites (tertiary alicyclic amines) is 1. The van der Waals surface area contributed by atoms with Crippen molar-refractivity contribution >= 4 is 5.97 Å². The van der Waals surface area contributed by atoms with Crippen LogP contribution in [0.15, 0.2) is 36.5 Å². The summed E-state index contributed by atoms with van der Waals surface area (Å²) in [6.07, 6.45) is 4.01. The average Bonchev–Trinajstić information content (AvgIpc) is 3.03. The minimum absolute atomic E-state index is 0.000734. The van der Waals surface area contributed by atoms with Crippen LogP contribution in [0.3, 0.4) is 0 Å². The van der Waals surface area contributed by atoms with Crippen LogP contribution in [0.2, 0.25) is 0 Å². The van der Waals surface area contributed by atoms with Gasteiger partial charge < -0.3 is 9.30 Å². The number of hydrogen-bond acceptors (Lipinski definition) is 4. The molecule has 0 N–H and O–H groups in total. The molecule has 1 fully saturated rings. The van der Waals surface area contributed by atoms with Crippen molar-refractivity contribution in [2.75, 3.05) is 19.7 Å². The molecule has 0 aliphatic carbocycles. The fraction of sp³-hybridized carbons (Fsp3) is 0.474. The Kier molecular flexibility index (Phi) is 5.30. The Morgan fingerprint density at radius 2 is 2.21 bits per heavy atom. The molecule has 0 amide bonds. The zero-order valence-corrected chi connectivity index (χ0v) is 14.4. The summed E-state index contributed by atoms with van der Waals surface area (Å²) in [5.74, 6) is 0.881. The van der Waals surface area contributed by atoms with E-state index in [0.29, 0.717) is 6.61 Å². The topological polar surface area (TPSA) is 47.4 Å². The van der Waals surface area contributed by atoms with Gasteiger partial charge in [-0.1, -0.05) is 6.07 Å². The lowest BCUT2D eigenvalue weighted by Gasteiger charge is -2.31. The average molecular weight is 327 g/mol. The van der Waals surface area contributed by atoms with Crippen molar-refractivity contribution < 1.29 is 9.53 Å². The number of carbonyl (C=O) groups excluding carboxylic acids is 1. The van der Waals surface area contributed by atoms with Crippen LogP contribution in [-0.2, 0) is 16.1 Å². The fourth-order valence-corrected chi connectivity index (χ4v) is 3.31. The van der Waals surface area contributed by atoms with Gasteiger partial charge >= 0.3 is 5.97 Å². The molecule has 0 spiro atoms. The first-order valence-electron chi connectivity index (χ1n) is 8.66. The van der Waals surface area contributed by atoms with E-state index in [4.69, 9.17) is 4.74 Å². The van der Waals surface area contributed by atoms with Crippen LogP contribution >= 0.6 is 0 Å². The molecule has 24 heavy (non-hydrogen) atoms. The highest BCUT2D eigenvalue weighted by molar-refractivity contribution is 5.72. The zero-order valence-electron chi connectivity index (χ0n) is 14.4. The quantitative estimate of drug-likeness (QED) is 0.792. The molecule has 3 heterocycles. The lowest BCUT2D eigenvalue weighted by molar-refractivity contribution is -0.150. The van der Waals surface area contributed by atoms with Crippen molar-refractivity contribution in [3.8, 4) is 5.82 Å². The molecular formula is C19H25N3O2. The number of piperidine rings is 1. The van der Waals surface area contributed by atoms with Gasteiger partial charge in [0.15, 0.2) is 0 Å². The highest BCUT2D eigenvalue weighted by Gasteiger charge is 2.27. The van der Waals surface area contributed by atoms with E-state index in [1.54, 1.807) is 0 Å². The van der Waals surface area contributed by atoms with Crippen LogP contribution < -0.4 is 0 Å². The van der Waals surface area contributed by atoms with Crippen molar-refractivity contribution in [3.05, 3.63) is 47.9 Å². The molecule has 5 heteroatoms. The van der Waals surface area contributed by atoms with Gasteiger partial charge in [0.2, 0.25) is 0 Å². The number of pyridine rings is 1. The SMILES string of the molecule is CCOC(=O)C1CCCN(Cc2cccn2-c2cccc(C)n2)C1. The minimum atomic E-state index is -0.0575. The number of aromatic nitrogens is 2. The Morgan fingerprint density at radius 1 is 1.33 bits per heavy atom. The van der Waals surface area contributed by atoms with E-state index < -0.39 is 0 Å². The van der Waals surface area contributed by atoms with Crippen molar-refractivity contribution in [2.24, 2.45) is 5.92 Å². The summed E-state index contributed by atoms with van der Waals surface area (Å²) in [6, 6.07) is 10.2. The summed E-state index contributed by atoms with van der Waals surface area (Å²) in [4.78, 5) is 19.0. The molecule has 0 bridgehead atoms. The zero-order chi connectivity index (χ0) is 16.9. The third-order valence-corrected chi connectivity index (χ3v) is 4.46. The van der Waals surface area contributed by atoms with E-state index in [-0.39, 0.29) is 11.9 Å². The van der Waals surface area contributed by atoms with Crippen LogP contribution in [0.1, 0.15) is 31.2 Å². The molecule has 1 aliphatic heterocycles. The minimum Gasteiger partial charge on any atom is -0.466 e. The monoisotopic (exact) mass is 327 g/mol. The van der Waals surface area contributed by atoms with E-state index in [1.165, 1.54) is 5.69 Å². The number of carbonyl (C=O) groups is 1. The Balaban J connectivity index is 1.71. The molecule has 1 atom stereocenters. The maximum absolute atomic E-state index is 12.0. The predicted molar refractivity (Wildman–Crippen MR) is 92.9 cm³/mol. The molecule has 5 nitrogen and oxygen atoms in total. The normalized spacial score (nSPS) is 18.5. The standard InChI is InChI=1S/C19H25N3O2/c1-3-24-19(23)16-8-5-11-21(13-16)14-17-9-6-12-22(17)18-10-4-7-15(2)20-18/h4,6-7,9-10,12,16H,3,5,8,11,13-14H2,1-2H3. The number of rotatable bonds is 5. The van der Waals surface area contributed by atoms with Gasteiger partial charge in [-0.05, 0) is 57.5 Å². The lowest BCUT2D eigenvalue weighted by Crippen LogP contribution is -2.39. The Labute approximate surface area is 143 Å². The largest absolute Gasteiger partial charge is 0.466 e. The summed E-state index contributed by atoms with van der Waals surface area (Å²) in [7, 11) is 0. The first kappa shape index (κ1) is 16.7. The molecule has 3 rings (SSSR count). The Bertz CT molecular complexity index is 695.